The second-order valence-corrected chi connectivity index (χ2v) is 9.43. The summed E-state index contributed by atoms with van der Waals surface area (Å²) >= 11 is 0. The van der Waals surface area contributed by atoms with Gasteiger partial charge in [-0.25, -0.2) is 4.98 Å². The summed E-state index contributed by atoms with van der Waals surface area (Å²) in [4.78, 5) is 22.8. The van der Waals surface area contributed by atoms with E-state index in [1.54, 1.807) is 20.3 Å². The number of hydrogen-bond acceptors (Lipinski definition) is 7. The second kappa shape index (κ2) is 10.9. The van der Waals surface area contributed by atoms with Crippen LogP contribution >= 0.6 is 0 Å². The maximum Gasteiger partial charge on any atom is 0.252 e. The number of nitrogens with zero attached hydrogens (tertiary/aromatic N) is 2. The fourth-order valence-corrected chi connectivity index (χ4v) is 5.00. The van der Waals surface area contributed by atoms with E-state index in [2.05, 4.69) is 39.5 Å². The molecule has 0 bridgehead atoms. The Labute approximate surface area is 216 Å². The van der Waals surface area contributed by atoms with E-state index in [-0.39, 0.29) is 17.4 Å². The van der Waals surface area contributed by atoms with Crippen molar-refractivity contribution in [2.24, 2.45) is 0 Å². The molecule has 1 saturated heterocycles. The number of furan rings is 1. The summed E-state index contributed by atoms with van der Waals surface area (Å²) in [5, 5.41) is 3.26. The predicted molar refractivity (Wildman–Crippen MR) is 142 cm³/mol. The summed E-state index contributed by atoms with van der Waals surface area (Å²) in [5.41, 5.74) is 2.77. The molecule has 0 radical (unpaired) electrons. The van der Waals surface area contributed by atoms with E-state index in [0.29, 0.717) is 24.0 Å². The molecule has 3 heterocycles. The molecule has 2 atom stereocenters. The van der Waals surface area contributed by atoms with E-state index >= 15 is 0 Å². The van der Waals surface area contributed by atoms with Crippen molar-refractivity contribution in [3.05, 3.63) is 105 Å². The Bertz CT molecular complexity index is 1380. The quantitative estimate of drug-likeness (QED) is 0.345. The van der Waals surface area contributed by atoms with Crippen LogP contribution in [0, 0.1) is 6.92 Å². The molecule has 2 aromatic carbocycles. The number of nitrogens with one attached hydrogen (secondary N) is 2. The Balaban J connectivity index is 1.39. The summed E-state index contributed by atoms with van der Waals surface area (Å²) < 4.78 is 16.8. The van der Waals surface area contributed by atoms with Crippen LogP contribution in [0.2, 0.25) is 0 Å². The van der Waals surface area contributed by atoms with Crippen LogP contribution in [0.15, 0.2) is 75.9 Å². The lowest BCUT2D eigenvalue weighted by molar-refractivity contribution is 0.319. The largest absolute Gasteiger partial charge is 0.497 e. The zero-order chi connectivity index (χ0) is 25.8. The number of ether oxygens (including phenoxy) is 2. The van der Waals surface area contributed by atoms with Gasteiger partial charge in [-0.15, -0.1) is 0 Å². The van der Waals surface area contributed by atoms with Crippen LogP contribution in [0.1, 0.15) is 40.2 Å². The van der Waals surface area contributed by atoms with Crippen LogP contribution in [-0.4, -0.2) is 42.2 Å². The van der Waals surface area contributed by atoms with Crippen LogP contribution in [0.4, 0.5) is 5.95 Å². The SMILES string of the molecule is COc1cc(CNc2nc([C@@H]3CN(Cc4ccccc4)C[C@H]3c3ccc(C)o3)cc(=O)[nH]2)cc(OC)c1. The highest BCUT2D eigenvalue weighted by Crippen LogP contribution is 2.40. The van der Waals surface area contributed by atoms with E-state index in [0.717, 1.165) is 42.4 Å². The molecular formula is C29H32N4O4. The first kappa shape index (κ1) is 24.6. The fourth-order valence-electron chi connectivity index (χ4n) is 5.00. The van der Waals surface area contributed by atoms with Gasteiger partial charge in [0.15, 0.2) is 0 Å². The first-order valence-corrected chi connectivity index (χ1v) is 12.4. The normalized spacial score (nSPS) is 17.6. The molecule has 192 valence electrons. The van der Waals surface area contributed by atoms with Crippen molar-refractivity contribution in [1.29, 1.82) is 0 Å². The third-order valence-corrected chi connectivity index (χ3v) is 6.78. The van der Waals surface area contributed by atoms with Crippen molar-refractivity contribution in [3.63, 3.8) is 0 Å². The molecular weight excluding hydrogens is 468 g/mol. The van der Waals surface area contributed by atoms with Crippen LogP contribution in [0.5, 0.6) is 11.5 Å². The molecule has 0 saturated carbocycles. The number of aryl methyl sites for hydroxylation is 1. The molecule has 0 aliphatic carbocycles. The van der Waals surface area contributed by atoms with Gasteiger partial charge < -0.3 is 19.2 Å². The highest BCUT2D eigenvalue weighted by atomic mass is 16.5. The zero-order valence-corrected chi connectivity index (χ0v) is 21.4. The number of H-pyrrole nitrogens is 1. The molecule has 0 amide bonds. The summed E-state index contributed by atoms with van der Waals surface area (Å²) in [6, 6.07) is 21.7. The third kappa shape index (κ3) is 5.86. The average Bonchev–Trinajstić information content (AvgIpc) is 3.53. The molecule has 1 aliphatic rings. The Hall–Kier alpha value is -4.04. The van der Waals surface area contributed by atoms with Crippen LogP contribution < -0.4 is 20.3 Å². The molecule has 0 unspecified atom stereocenters. The van der Waals surface area contributed by atoms with Gasteiger partial charge in [0.2, 0.25) is 5.95 Å². The van der Waals surface area contributed by atoms with E-state index in [1.807, 2.05) is 43.3 Å². The van der Waals surface area contributed by atoms with Gasteiger partial charge in [0, 0.05) is 50.1 Å². The maximum absolute atomic E-state index is 12.7. The van der Waals surface area contributed by atoms with E-state index in [4.69, 9.17) is 18.9 Å². The first-order valence-electron chi connectivity index (χ1n) is 12.4. The standard InChI is InChI=1S/C29H32N4O4/c1-19-9-10-27(37-19)25-18-33(16-20-7-5-4-6-8-20)17-24(25)26-14-28(34)32-29(31-26)30-15-21-11-22(35-2)13-23(12-21)36-3/h4-14,24-25H,15-18H2,1-3H3,(H2,30,31,32,34)/t24-,25-/m1/s1. The minimum absolute atomic E-state index is 0.0222. The molecule has 37 heavy (non-hydrogen) atoms. The van der Waals surface area contributed by atoms with Gasteiger partial charge in [-0.3, -0.25) is 14.7 Å². The van der Waals surface area contributed by atoms with Crippen LogP contribution in [0.3, 0.4) is 0 Å². The van der Waals surface area contributed by atoms with Crippen LogP contribution in [-0.2, 0) is 13.1 Å². The van der Waals surface area contributed by atoms with E-state index in [1.165, 1.54) is 5.56 Å². The summed E-state index contributed by atoms with van der Waals surface area (Å²) in [7, 11) is 3.24. The molecule has 2 N–H and O–H groups in total. The molecule has 2 aromatic heterocycles. The molecule has 1 aliphatic heterocycles. The van der Waals surface area contributed by atoms with Crippen molar-refractivity contribution in [2.75, 3.05) is 32.6 Å². The van der Waals surface area contributed by atoms with Gasteiger partial charge in [-0.2, -0.15) is 0 Å². The van der Waals surface area contributed by atoms with Crippen molar-refractivity contribution in [1.82, 2.24) is 14.9 Å². The Morgan fingerprint density at radius 3 is 2.38 bits per heavy atom. The molecule has 5 rings (SSSR count). The van der Waals surface area contributed by atoms with E-state index in [9.17, 15) is 4.79 Å². The lowest BCUT2D eigenvalue weighted by Crippen LogP contribution is -2.21. The lowest BCUT2D eigenvalue weighted by atomic mass is 9.90. The molecule has 0 spiro atoms. The molecule has 4 aromatic rings. The van der Waals surface area contributed by atoms with Crippen molar-refractivity contribution >= 4 is 5.95 Å². The van der Waals surface area contributed by atoms with Gasteiger partial charge in [0.05, 0.1) is 19.9 Å². The molecule has 1 fully saturated rings. The summed E-state index contributed by atoms with van der Waals surface area (Å²) in [5.74, 6) is 3.76. The maximum atomic E-state index is 12.7. The molecule has 8 nitrogen and oxygen atoms in total. The summed E-state index contributed by atoms with van der Waals surface area (Å²) in [6.07, 6.45) is 0. The van der Waals surface area contributed by atoms with Gasteiger partial charge >= 0.3 is 0 Å². The first-order chi connectivity index (χ1) is 18.0. The van der Waals surface area contributed by atoms with Crippen LogP contribution in [0.25, 0.3) is 0 Å². The number of hydrogen-bond donors (Lipinski definition) is 2. The highest BCUT2D eigenvalue weighted by Gasteiger charge is 2.38. The third-order valence-electron chi connectivity index (χ3n) is 6.78. The van der Waals surface area contributed by atoms with Crippen molar-refractivity contribution in [3.8, 4) is 11.5 Å². The van der Waals surface area contributed by atoms with Gasteiger partial charge in [0.1, 0.15) is 23.0 Å². The Kier molecular flexibility index (Phi) is 7.28. The number of aromatic nitrogens is 2. The average molecular weight is 501 g/mol. The predicted octanol–water partition coefficient (Wildman–Crippen LogP) is 4.68. The Morgan fingerprint density at radius 2 is 1.70 bits per heavy atom. The number of methoxy groups -OCH3 is 2. The highest BCUT2D eigenvalue weighted by molar-refractivity contribution is 5.40. The topological polar surface area (TPSA) is 92.6 Å². The van der Waals surface area contributed by atoms with Gasteiger partial charge in [-0.05, 0) is 42.3 Å². The van der Waals surface area contributed by atoms with Gasteiger partial charge in [-0.1, -0.05) is 30.3 Å². The zero-order valence-electron chi connectivity index (χ0n) is 21.4. The van der Waals surface area contributed by atoms with E-state index < -0.39 is 0 Å². The number of likely N-dealkylation sites (tertiary alicyclic amines) is 1. The number of rotatable bonds is 9. The minimum atomic E-state index is -0.188. The van der Waals surface area contributed by atoms with Crippen molar-refractivity contribution < 1.29 is 13.9 Å². The monoisotopic (exact) mass is 500 g/mol. The number of anilines is 1. The van der Waals surface area contributed by atoms with Crippen molar-refractivity contribution in [2.45, 2.75) is 31.8 Å². The second-order valence-electron chi connectivity index (χ2n) is 9.43. The fraction of sp³-hybridized carbons (Fsp3) is 0.310. The smallest absolute Gasteiger partial charge is 0.252 e. The number of aromatic amines is 1. The van der Waals surface area contributed by atoms with Gasteiger partial charge in [0.25, 0.3) is 5.56 Å². The minimum Gasteiger partial charge on any atom is -0.497 e. The number of benzene rings is 2. The molecule has 8 heteroatoms. The summed E-state index contributed by atoms with van der Waals surface area (Å²) in [6.45, 7) is 4.84. The lowest BCUT2D eigenvalue weighted by Gasteiger charge is -2.17. The Morgan fingerprint density at radius 1 is 0.973 bits per heavy atom.